The second-order valence-corrected chi connectivity index (χ2v) is 8.11. The SMILES string of the molecule is COc1ccc(NC(=O)CSc2nncn2-c2ccc(C)cc2)cc1OCc1cccnc1. The molecule has 0 aliphatic heterocycles. The van der Waals surface area contributed by atoms with Crippen molar-refractivity contribution >= 4 is 23.4 Å². The molecule has 0 spiro atoms. The molecule has 1 amide bonds. The van der Waals surface area contributed by atoms with Crippen LogP contribution in [0.4, 0.5) is 5.69 Å². The number of ether oxygens (including phenoxy) is 2. The van der Waals surface area contributed by atoms with Crippen LogP contribution in [0.1, 0.15) is 11.1 Å². The van der Waals surface area contributed by atoms with E-state index in [1.54, 1.807) is 44.0 Å². The first-order valence-corrected chi connectivity index (χ1v) is 11.2. The third-order valence-electron chi connectivity index (χ3n) is 4.73. The highest BCUT2D eigenvalue weighted by Crippen LogP contribution is 2.31. The standard InChI is InChI=1S/C24H23N5O3S/c1-17-5-8-20(9-6-17)29-16-26-28-24(29)33-15-23(30)27-19-7-10-21(31-2)22(12-19)32-14-18-4-3-11-25-13-18/h3-13,16H,14-15H2,1-2H3,(H,27,30). The Balaban J connectivity index is 1.38. The zero-order chi connectivity index (χ0) is 23.0. The second-order valence-electron chi connectivity index (χ2n) is 7.17. The smallest absolute Gasteiger partial charge is 0.234 e. The van der Waals surface area contributed by atoms with Crippen LogP contribution in [0.15, 0.2) is 78.5 Å². The van der Waals surface area contributed by atoms with E-state index in [0.717, 1.165) is 11.3 Å². The molecule has 2 heterocycles. The number of nitrogens with zero attached hydrogens (tertiary/aromatic N) is 4. The van der Waals surface area contributed by atoms with Gasteiger partial charge in [0.25, 0.3) is 0 Å². The number of hydrogen-bond acceptors (Lipinski definition) is 7. The van der Waals surface area contributed by atoms with Crippen molar-refractivity contribution in [3.05, 3.63) is 84.4 Å². The van der Waals surface area contributed by atoms with E-state index in [2.05, 4.69) is 20.5 Å². The third kappa shape index (κ3) is 5.89. The molecule has 0 atom stereocenters. The van der Waals surface area contributed by atoms with E-state index in [9.17, 15) is 4.79 Å². The maximum atomic E-state index is 12.6. The molecule has 0 radical (unpaired) electrons. The average molecular weight is 462 g/mol. The molecule has 2 aromatic heterocycles. The van der Waals surface area contributed by atoms with Crippen molar-refractivity contribution in [1.82, 2.24) is 19.7 Å². The van der Waals surface area contributed by atoms with Crippen LogP contribution in [-0.4, -0.2) is 38.5 Å². The monoisotopic (exact) mass is 461 g/mol. The summed E-state index contributed by atoms with van der Waals surface area (Å²) in [5.41, 5.74) is 3.66. The van der Waals surface area contributed by atoms with Crippen LogP contribution in [0.5, 0.6) is 11.5 Å². The molecular weight excluding hydrogens is 438 g/mol. The number of carbonyl (C=O) groups excluding carboxylic acids is 1. The van der Waals surface area contributed by atoms with Crippen molar-refractivity contribution in [2.75, 3.05) is 18.2 Å². The first kappa shape index (κ1) is 22.3. The van der Waals surface area contributed by atoms with E-state index < -0.39 is 0 Å². The minimum Gasteiger partial charge on any atom is -0.493 e. The molecule has 0 saturated carbocycles. The van der Waals surface area contributed by atoms with E-state index >= 15 is 0 Å². The van der Waals surface area contributed by atoms with E-state index in [1.807, 2.05) is 47.9 Å². The quantitative estimate of drug-likeness (QED) is 0.372. The van der Waals surface area contributed by atoms with Gasteiger partial charge in [-0.1, -0.05) is 35.5 Å². The van der Waals surface area contributed by atoms with Crippen molar-refractivity contribution in [2.24, 2.45) is 0 Å². The lowest BCUT2D eigenvalue weighted by molar-refractivity contribution is -0.113. The van der Waals surface area contributed by atoms with Gasteiger partial charge in [-0.15, -0.1) is 10.2 Å². The van der Waals surface area contributed by atoms with Crippen LogP contribution >= 0.6 is 11.8 Å². The van der Waals surface area contributed by atoms with Gasteiger partial charge in [-0.05, 0) is 37.3 Å². The van der Waals surface area contributed by atoms with Gasteiger partial charge in [0.1, 0.15) is 12.9 Å². The third-order valence-corrected chi connectivity index (χ3v) is 5.67. The van der Waals surface area contributed by atoms with Crippen LogP contribution in [0.25, 0.3) is 5.69 Å². The highest BCUT2D eigenvalue weighted by atomic mass is 32.2. The molecular formula is C24H23N5O3S. The fourth-order valence-electron chi connectivity index (χ4n) is 3.04. The molecule has 0 aliphatic carbocycles. The predicted molar refractivity (Wildman–Crippen MR) is 127 cm³/mol. The number of hydrogen-bond donors (Lipinski definition) is 1. The molecule has 4 rings (SSSR count). The molecule has 1 N–H and O–H groups in total. The van der Waals surface area contributed by atoms with Gasteiger partial charge in [0, 0.05) is 35.4 Å². The molecule has 0 aliphatic rings. The Kier molecular flexibility index (Phi) is 7.21. The number of amides is 1. The highest BCUT2D eigenvalue weighted by Gasteiger charge is 2.12. The number of carbonyl (C=O) groups is 1. The number of thioether (sulfide) groups is 1. The van der Waals surface area contributed by atoms with Crippen LogP contribution < -0.4 is 14.8 Å². The first-order valence-electron chi connectivity index (χ1n) is 10.2. The summed E-state index contributed by atoms with van der Waals surface area (Å²) in [6, 6.07) is 17.1. The predicted octanol–water partition coefficient (Wildman–Crippen LogP) is 4.29. The maximum Gasteiger partial charge on any atom is 0.234 e. The summed E-state index contributed by atoms with van der Waals surface area (Å²) in [7, 11) is 1.57. The number of methoxy groups -OCH3 is 1. The van der Waals surface area contributed by atoms with Gasteiger partial charge in [-0.2, -0.15) is 0 Å². The summed E-state index contributed by atoms with van der Waals surface area (Å²) in [5.74, 6) is 1.13. The number of pyridine rings is 1. The minimum atomic E-state index is -0.165. The van der Waals surface area contributed by atoms with Gasteiger partial charge in [-0.3, -0.25) is 14.3 Å². The molecule has 0 saturated heterocycles. The summed E-state index contributed by atoms with van der Waals surface area (Å²) >= 11 is 1.31. The van der Waals surface area contributed by atoms with Crippen molar-refractivity contribution in [3.63, 3.8) is 0 Å². The van der Waals surface area contributed by atoms with Crippen LogP contribution in [-0.2, 0) is 11.4 Å². The molecule has 8 nitrogen and oxygen atoms in total. The number of aromatic nitrogens is 4. The molecule has 168 valence electrons. The fraction of sp³-hybridized carbons (Fsp3) is 0.167. The molecule has 0 unspecified atom stereocenters. The number of rotatable bonds is 9. The number of nitrogens with one attached hydrogen (secondary N) is 1. The van der Waals surface area contributed by atoms with E-state index in [0.29, 0.717) is 28.9 Å². The van der Waals surface area contributed by atoms with Gasteiger partial charge >= 0.3 is 0 Å². The van der Waals surface area contributed by atoms with Gasteiger partial charge < -0.3 is 14.8 Å². The lowest BCUT2D eigenvalue weighted by atomic mass is 10.2. The number of aryl methyl sites for hydroxylation is 1. The second kappa shape index (κ2) is 10.6. The molecule has 0 bridgehead atoms. The zero-order valence-electron chi connectivity index (χ0n) is 18.3. The number of anilines is 1. The van der Waals surface area contributed by atoms with Gasteiger partial charge in [0.05, 0.1) is 12.9 Å². The number of benzene rings is 2. The van der Waals surface area contributed by atoms with Crippen LogP contribution in [0.2, 0.25) is 0 Å². The van der Waals surface area contributed by atoms with E-state index in [-0.39, 0.29) is 11.7 Å². The maximum absolute atomic E-state index is 12.6. The first-order chi connectivity index (χ1) is 16.1. The Morgan fingerprint density at radius 3 is 2.73 bits per heavy atom. The molecule has 4 aromatic rings. The summed E-state index contributed by atoms with van der Waals surface area (Å²) in [4.78, 5) is 16.7. The lowest BCUT2D eigenvalue weighted by Gasteiger charge is -2.13. The van der Waals surface area contributed by atoms with Crippen molar-refractivity contribution in [1.29, 1.82) is 0 Å². The van der Waals surface area contributed by atoms with Crippen molar-refractivity contribution in [2.45, 2.75) is 18.7 Å². The molecule has 9 heteroatoms. The Hall–Kier alpha value is -3.85. The zero-order valence-corrected chi connectivity index (χ0v) is 19.1. The Morgan fingerprint density at radius 2 is 1.97 bits per heavy atom. The fourth-order valence-corrected chi connectivity index (χ4v) is 3.77. The Morgan fingerprint density at radius 1 is 1.12 bits per heavy atom. The summed E-state index contributed by atoms with van der Waals surface area (Å²) in [6.07, 6.45) is 5.09. The van der Waals surface area contributed by atoms with E-state index in [1.165, 1.54) is 17.3 Å². The topological polar surface area (TPSA) is 91.2 Å². The minimum absolute atomic E-state index is 0.165. The van der Waals surface area contributed by atoms with Crippen LogP contribution in [0, 0.1) is 6.92 Å². The molecule has 0 fully saturated rings. The van der Waals surface area contributed by atoms with Gasteiger partial charge in [0.15, 0.2) is 16.7 Å². The Bertz CT molecular complexity index is 1210. The highest BCUT2D eigenvalue weighted by molar-refractivity contribution is 7.99. The lowest BCUT2D eigenvalue weighted by Crippen LogP contribution is -2.14. The van der Waals surface area contributed by atoms with Crippen molar-refractivity contribution in [3.8, 4) is 17.2 Å². The average Bonchev–Trinajstić information content (AvgIpc) is 3.31. The molecule has 2 aromatic carbocycles. The van der Waals surface area contributed by atoms with Gasteiger partial charge in [0.2, 0.25) is 5.91 Å². The molecule has 33 heavy (non-hydrogen) atoms. The normalized spacial score (nSPS) is 10.6. The Labute approximate surface area is 196 Å². The summed E-state index contributed by atoms with van der Waals surface area (Å²) in [6.45, 7) is 2.37. The summed E-state index contributed by atoms with van der Waals surface area (Å²) < 4.78 is 13.1. The van der Waals surface area contributed by atoms with Crippen LogP contribution in [0.3, 0.4) is 0 Å². The summed E-state index contributed by atoms with van der Waals surface area (Å²) in [5, 5.41) is 11.7. The van der Waals surface area contributed by atoms with Gasteiger partial charge in [-0.25, -0.2) is 0 Å². The largest absolute Gasteiger partial charge is 0.493 e. The van der Waals surface area contributed by atoms with E-state index in [4.69, 9.17) is 9.47 Å². The van der Waals surface area contributed by atoms with Crippen molar-refractivity contribution < 1.29 is 14.3 Å².